The summed E-state index contributed by atoms with van der Waals surface area (Å²) < 4.78 is 43.2. The fraction of sp³-hybridized carbons (Fsp3) is 0.923. The predicted octanol–water partition coefficient (Wildman–Crippen LogP) is 1.80. The molecule has 118 valence electrons. The zero-order valence-electron chi connectivity index (χ0n) is 12.0. The van der Waals surface area contributed by atoms with Gasteiger partial charge >= 0.3 is 12.1 Å². The summed E-state index contributed by atoms with van der Waals surface area (Å²) in [4.78, 5) is 13.5. The van der Waals surface area contributed by atoms with E-state index in [9.17, 15) is 18.0 Å². The van der Waals surface area contributed by atoms with Crippen LogP contribution in [0.1, 0.15) is 26.7 Å². The van der Waals surface area contributed by atoms with E-state index in [0.29, 0.717) is 19.5 Å². The van der Waals surface area contributed by atoms with Crippen LogP contribution in [0.15, 0.2) is 0 Å². The summed E-state index contributed by atoms with van der Waals surface area (Å²) in [7, 11) is 0. The molecule has 0 aromatic rings. The number of likely N-dealkylation sites (N-methyl/N-ethyl adjacent to an activating group) is 1. The first kappa shape index (κ1) is 17.2. The second kappa shape index (κ2) is 7.83. The Morgan fingerprint density at radius 1 is 1.45 bits per heavy atom. The Bertz CT molecular complexity index is 310. The normalized spacial score (nSPS) is 22.6. The van der Waals surface area contributed by atoms with Crippen LogP contribution in [-0.2, 0) is 9.53 Å². The lowest BCUT2D eigenvalue weighted by Gasteiger charge is -2.35. The van der Waals surface area contributed by atoms with Crippen molar-refractivity contribution in [1.29, 1.82) is 0 Å². The predicted molar refractivity (Wildman–Crippen MR) is 69.3 cm³/mol. The van der Waals surface area contributed by atoms with Gasteiger partial charge in [0.25, 0.3) is 0 Å². The van der Waals surface area contributed by atoms with Gasteiger partial charge in [-0.25, -0.2) is 0 Å². The number of esters is 1. The van der Waals surface area contributed by atoms with Crippen LogP contribution in [0.2, 0.25) is 0 Å². The Kier molecular flexibility index (Phi) is 6.75. The van der Waals surface area contributed by atoms with Gasteiger partial charge in [0.05, 0.1) is 12.5 Å². The quantitative estimate of drug-likeness (QED) is 0.759. The highest BCUT2D eigenvalue weighted by molar-refractivity contribution is 5.76. The molecule has 1 aliphatic heterocycles. The van der Waals surface area contributed by atoms with Crippen LogP contribution in [0.25, 0.3) is 0 Å². The van der Waals surface area contributed by atoms with E-state index in [1.807, 2.05) is 6.92 Å². The summed E-state index contributed by atoms with van der Waals surface area (Å²) in [5, 5.41) is 2.97. The molecular formula is C13H23F3N2O2. The van der Waals surface area contributed by atoms with Crippen molar-refractivity contribution in [3.63, 3.8) is 0 Å². The molecule has 0 aliphatic carbocycles. The standard InChI is InChI=1S/C13H23F3N2O2/c1-3-17-11(12(19)20-4-2)9-18-7-5-6-10(8-18)13(14,15)16/h10-11,17H,3-9H2,1-2H3. The Balaban J connectivity index is 2.57. The summed E-state index contributed by atoms with van der Waals surface area (Å²) in [6.07, 6.45) is -3.48. The number of hydrogen-bond acceptors (Lipinski definition) is 4. The molecule has 0 aromatic heterocycles. The maximum atomic E-state index is 12.7. The van der Waals surface area contributed by atoms with E-state index in [2.05, 4.69) is 5.32 Å². The van der Waals surface area contributed by atoms with Gasteiger partial charge in [0.1, 0.15) is 6.04 Å². The molecule has 4 nitrogen and oxygen atoms in total. The number of piperidine rings is 1. The minimum Gasteiger partial charge on any atom is -0.465 e. The number of carbonyl (C=O) groups excluding carboxylic acids is 1. The molecular weight excluding hydrogens is 273 g/mol. The lowest BCUT2D eigenvalue weighted by molar-refractivity contribution is -0.187. The first-order chi connectivity index (χ1) is 9.38. The molecule has 2 atom stereocenters. The van der Waals surface area contributed by atoms with Crippen LogP contribution in [0.5, 0.6) is 0 Å². The van der Waals surface area contributed by atoms with Crippen molar-refractivity contribution in [1.82, 2.24) is 10.2 Å². The molecule has 1 aliphatic rings. The number of hydrogen-bond donors (Lipinski definition) is 1. The van der Waals surface area contributed by atoms with Crippen molar-refractivity contribution in [3.05, 3.63) is 0 Å². The molecule has 0 amide bonds. The van der Waals surface area contributed by atoms with Gasteiger partial charge in [-0.2, -0.15) is 13.2 Å². The number of likely N-dealkylation sites (tertiary alicyclic amines) is 1. The molecule has 20 heavy (non-hydrogen) atoms. The number of rotatable bonds is 6. The van der Waals surface area contributed by atoms with Crippen molar-refractivity contribution in [2.45, 2.75) is 38.9 Å². The molecule has 1 fully saturated rings. The molecule has 7 heteroatoms. The van der Waals surface area contributed by atoms with Crippen molar-refractivity contribution in [2.24, 2.45) is 5.92 Å². The van der Waals surface area contributed by atoms with Gasteiger partial charge in [-0.1, -0.05) is 6.92 Å². The fourth-order valence-corrected chi connectivity index (χ4v) is 2.46. The molecule has 1 heterocycles. The number of alkyl halides is 3. The van der Waals surface area contributed by atoms with E-state index in [0.717, 1.165) is 0 Å². The molecule has 0 spiro atoms. The lowest BCUT2D eigenvalue weighted by Crippen LogP contribution is -2.51. The first-order valence-corrected chi connectivity index (χ1v) is 7.07. The average molecular weight is 296 g/mol. The number of nitrogens with zero attached hydrogens (tertiary/aromatic N) is 1. The molecule has 0 aromatic carbocycles. The van der Waals surface area contributed by atoms with Crippen LogP contribution in [0, 0.1) is 5.92 Å². The number of carbonyl (C=O) groups is 1. The van der Waals surface area contributed by atoms with Crippen molar-refractivity contribution >= 4 is 5.97 Å². The Labute approximate surface area is 117 Å². The fourth-order valence-electron chi connectivity index (χ4n) is 2.46. The zero-order valence-corrected chi connectivity index (χ0v) is 12.0. The molecule has 0 saturated carbocycles. The highest BCUT2D eigenvalue weighted by Crippen LogP contribution is 2.33. The van der Waals surface area contributed by atoms with Crippen LogP contribution in [-0.4, -0.2) is 55.9 Å². The first-order valence-electron chi connectivity index (χ1n) is 7.07. The van der Waals surface area contributed by atoms with E-state index in [1.54, 1.807) is 11.8 Å². The SMILES string of the molecule is CCNC(CN1CCCC(C(F)(F)F)C1)C(=O)OCC. The minimum atomic E-state index is -4.16. The van der Waals surface area contributed by atoms with Crippen molar-refractivity contribution in [2.75, 3.05) is 32.8 Å². The van der Waals surface area contributed by atoms with Crippen molar-refractivity contribution in [3.8, 4) is 0 Å². The Hall–Kier alpha value is -0.820. The lowest BCUT2D eigenvalue weighted by atomic mass is 9.97. The van der Waals surface area contributed by atoms with Gasteiger partial charge in [0.2, 0.25) is 0 Å². The topological polar surface area (TPSA) is 41.6 Å². The number of ether oxygens (including phenoxy) is 1. The Morgan fingerprint density at radius 2 is 2.15 bits per heavy atom. The van der Waals surface area contributed by atoms with Crippen LogP contribution in [0.4, 0.5) is 13.2 Å². The summed E-state index contributed by atoms with van der Waals surface area (Å²) in [5.74, 6) is -1.69. The zero-order chi connectivity index (χ0) is 15.2. The molecule has 0 bridgehead atoms. The van der Waals surface area contributed by atoms with Crippen LogP contribution < -0.4 is 5.32 Å². The second-order valence-corrected chi connectivity index (χ2v) is 5.00. The third-order valence-electron chi connectivity index (χ3n) is 3.43. The second-order valence-electron chi connectivity index (χ2n) is 5.00. The summed E-state index contributed by atoms with van der Waals surface area (Å²) in [5.41, 5.74) is 0. The summed E-state index contributed by atoms with van der Waals surface area (Å²) in [6, 6.07) is -0.563. The van der Waals surface area contributed by atoms with E-state index < -0.39 is 24.1 Å². The highest BCUT2D eigenvalue weighted by atomic mass is 19.4. The third kappa shape index (κ3) is 5.28. The molecule has 2 unspecified atom stereocenters. The third-order valence-corrected chi connectivity index (χ3v) is 3.43. The van der Waals surface area contributed by atoms with Crippen molar-refractivity contribution < 1.29 is 22.7 Å². The van der Waals surface area contributed by atoms with E-state index in [1.165, 1.54) is 0 Å². The summed E-state index contributed by atoms with van der Waals surface area (Å²) >= 11 is 0. The van der Waals surface area contributed by atoms with Gasteiger partial charge in [0, 0.05) is 13.1 Å². The Morgan fingerprint density at radius 3 is 2.70 bits per heavy atom. The number of nitrogens with one attached hydrogen (secondary N) is 1. The monoisotopic (exact) mass is 296 g/mol. The maximum Gasteiger partial charge on any atom is 0.393 e. The smallest absolute Gasteiger partial charge is 0.393 e. The van der Waals surface area contributed by atoms with Crippen LogP contribution >= 0.6 is 0 Å². The van der Waals surface area contributed by atoms with E-state index in [-0.39, 0.29) is 26.1 Å². The van der Waals surface area contributed by atoms with Crippen LogP contribution in [0.3, 0.4) is 0 Å². The van der Waals surface area contributed by atoms with Gasteiger partial charge in [-0.05, 0) is 32.9 Å². The minimum absolute atomic E-state index is 0.0369. The molecule has 1 rings (SSSR count). The van der Waals surface area contributed by atoms with E-state index in [4.69, 9.17) is 4.74 Å². The van der Waals surface area contributed by atoms with Gasteiger partial charge < -0.3 is 15.0 Å². The molecule has 1 N–H and O–H groups in total. The molecule has 1 saturated heterocycles. The highest BCUT2D eigenvalue weighted by Gasteiger charge is 2.42. The van der Waals surface area contributed by atoms with Gasteiger partial charge in [-0.3, -0.25) is 4.79 Å². The largest absolute Gasteiger partial charge is 0.465 e. The summed E-state index contributed by atoms with van der Waals surface area (Å²) in [6.45, 7) is 5.21. The van der Waals surface area contributed by atoms with Gasteiger partial charge in [-0.15, -0.1) is 0 Å². The number of halogens is 3. The van der Waals surface area contributed by atoms with E-state index >= 15 is 0 Å². The maximum absolute atomic E-state index is 12.7. The van der Waals surface area contributed by atoms with Gasteiger partial charge in [0.15, 0.2) is 0 Å². The average Bonchev–Trinajstić information content (AvgIpc) is 2.38. The molecule has 0 radical (unpaired) electrons.